The molecule has 1 heterocycles. The van der Waals surface area contributed by atoms with Crippen molar-refractivity contribution >= 4 is 17.5 Å². The second-order valence-electron chi connectivity index (χ2n) is 8.30. The first-order chi connectivity index (χ1) is 13.1. The average molecular weight is 402 g/mol. The second kappa shape index (κ2) is 7.67. The van der Waals surface area contributed by atoms with Crippen molar-refractivity contribution in [1.82, 2.24) is 5.32 Å². The van der Waals surface area contributed by atoms with Gasteiger partial charge >= 0.3 is 0 Å². The van der Waals surface area contributed by atoms with Crippen LogP contribution in [0.5, 0.6) is 11.5 Å². The van der Waals surface area contributed by atoms with Crippen LogP contribution >= 0.6 is 11.6 Å². The number of carbonyl (C=O) groups is 1. The van der Waals surface area contributed by atoms with Crippen LogP contribution in [-0.2, 0) is 4.79 Å². The normalized spacial score (nSPS) is 18.6. The van der Waals surface area contributed by atoms with Gasteiger partial charge in [-0.25, -0.2) is 0 Å². The Hall–Kier alpha value is -2.20. The third kappa shape index (κ3) is 4.44. The molecule has 1 aliphatic rings. The summed E-state index contributed by atoms with van der Waals surface area (Å²) in [4.78, 5) is 12.9. The number of benzene rings is 2. The fourth-order valence-electron chi connectivity index (χ4n) is 3.62. The van der Waals surface area contributed by atoms with E-state index in [0.717, 1.165) is 33.0 Å². The zero-order valence-electron chi connectivity index (χ0n) is 17.4. The molecule has 2 aromatic rings. The van der Waals surface area contributed by atoms with Crippen molar-refractivity contribution in [2.24, 2.45) is 0 Å². The first-order valence-electron chi connectivity index (χ1n) is 9.59. The Labute approximate surface area is 172 Å². The van der Waals surface area contributed by atoms with Gasteiger partial charge in [0.1, 0.15) is 17.1 Å². The highest BCUT2D eigenvalue weighted by Crippen LogP contribution is 2.40. The van der Waals surface area contributed by atoms with Crippen LogP contribution in [0.1, 0.15) is 55.5 Å². The Bertz CT molecular complexity index is 884. The number of fused-ring (bicyclic) bond motifs is 1. The number of aryl methyl sites for hydroxylation is 3. The van der Waals surface area contributed by atoms with Crippen molar-refractivity contribution in [3.8, 4) is 11.5 Å². The third-order valence-corrected chi connectivity index (χ3v) is 5.63. The minimum Gasteiger partial charge on any atom is -0.487 e. The van der Waals surface area contributed by atoms with Gasteiger partial charge in [-0.1, -0.05) is 29.3 Å². The lowest BCUT2D eigenvalue weighted by atomic mass is 9.89. The molecule has 0 saturated heterocycles. The van der Waals surface area contributed by atoms with Crippen LogP contribution in [0.25, 0.3) is 0 Å². The summed E-state index contributed by atoms with van der Waals surface area (Å²) in [6.07, 6.45) is 0.0698. The topological polar surface area (TPSA) is 47.6 Å². The van der Waals surface area contributed by atoms with Crippen LogP contribution in [0.3, 0.4) is 0 Å². The molecule has 1 amide bonds. The maximum absolute atomic E-state index is 12.9. The lowest BCUT2D eigenvalue weighted by Crippen LogP contribution is -2.44. The van der Waals surface area contributed by atoms with Crippen molar-refractivity contribution in [2.75, 3.05) is 0 Å². The highest BCUT2D eigenvalue weighted by atomic mass is 35.5. The first-order valence-corrected chi connectivity index (χ1v) is 9.97. The summed E-state index contributed by atoms with van der Waals surface area (Å²) >= 11 is 6.22. The minimum atomic E-state index is -0.626. The van der Waals surface area contributed by atoms with Gasteiger partial charge in [-0.2, -0.15) is 0 Å². The molecule has 0 aliphatic carbocycles. The molecule has 5 heteroatoms. The van der Waals surface area contributed by atoms with E-state index in [2.05, 4.69) is 11.4 Å². The predicted octanol–water partition coefficient (Wildman–Crippen LogP) is 5.45. The van der Waals surface area contributed by atoms with Gasteiger partial charge in [0.15, 0.2) is 6.10 Å². The summed E-state index contributed by atoms with van der Waals surface area (Å²) in [6, 6.07) is 9.67. The molecule has 0 radical (unpaired) electrons. The number of hydrogen-bond donors (Lipinski definition) is 1. The zero-order chi connectivity index (χ0) is 20.6. The summed E-state index contributed by atoms with van der Waals surface area (Å²) in [7, 11) is 0. The molecule has 2 aromatic carbocycles. The Morgan fingerprint density at radius 3 is 2.50 bits per heavy atom. The molecule has 1 aliphatic heterocycles. The van der Waals surface area contributed by atoms with Crippen molar-refractivity contribution in [1.29, 1.82) is 0 Å². The van der Waals surface area contributed by atoms with E-state index in [0.29, 0.717) is 12.2 Å². The van der Waals surface area contributed by atoms with Gasteiger partial charge in [0, 0.05) is 17.0 Å². The van der Waals surface area contributed by atoms with Crippen LogP contribution < -0.4 is 14.8 Å². The molecule has 28 heavy (non-hydrogen) atoms. The number of hydrogen-bond acceptors (Lipinski definition) is 3. The maximum atomic E-state index is 12.9. The molecule has 0 fully saturated rings. The summed E-state index contributed by atoms with van der Waals surface area (Å²) in [5, 5.41) is 3.87. The lowest BCUT2D eigenvalue weighted by Gasteiger charge is -2.38. The third-order valence-electron chi connectivity index (χ3n) is 5.03. The van der Waals surface area contributed by atoms with Crippen LogP contribution in [-0.4, -0.2) is 17.6 Å². The molecule has 0 saturated carbocycles. The van der Waals surface area contributed by atoms with Crippen molar-refractivity contribution in [3.05, 3.63) is 57.6 Å². The number of amides is 1. The number of carbonyl (C=O) groups excluding carboxylic acids is 1. The predicted molar refractivity (Wildman–Crippen MR) is 112 cm³/mol. The van der Waals surface area contributed by atoms with E-state index < -0.39 is 6.10 Å². The number of ether oxygens (including phenoxy) is 2. The summed E-state index contributed by atoms with van der Waals surface area (Å²) in [6.45, 7) is 11.7. The molecule has 3 rings (SSSR count). The molecule has 1 N–H and O–H groups in total. The Balaban J connectivity index is 1.76. The van der Waals surface area contributed by atoms with Crippen LogP contribution in [0, 0.1) is 20.8 Å². The Morgan fingerprint density at radius 1 is 1.21 bits per heavy atom. The fraction of sp³-hybridized carbons (Fsp3) is 0.435. The molecule has 0 unspecified atom stereocenters. The van der Waals surface area contributed by atoms with E-state index >= 15 is 0 Å². The van der Waals surface area contributed by atoms with Gasteiger partial charge in [-0.05, 0) is 70.9 Å². The van der Waals surface area contributed by atoms with Gasteiger partial charge in [-0.3, -0.25) is 4.79 Å². The van der Waals surface area contributed by atoms with E-state index in [4.69, 9.17) is 21.1 Å². The molecular formula is C23H28ClNO3. The number of halogens is 1. The van der Waals surface area contributed by atoms with Crippen molar-refractivity contribution in [3.63, 3.8) is 0 Å². The largest absolute Gasteiger partial charge is 0.487 e. The van der Waals surface area contributed by atoms with Crippen LogP contribution in [0.15, 0.2) is 30.3 Å². The Kier molecular flexibility index (Phi) is 5.62. The first kappa shape index (κ1) is 20.5. The lowest BCUT2D eigenvalue weighted by molar-refractivity contribution is -0.128. The minimum absolute atomic E-state index is 0.120. The SMILES string of the molecule is Cc1ccc2c(c1)[C@@H](NC(=O)[C@H](C)Oc1cc(C)c(Cl)c(C)c1)CC(C)(C)O2. The molecule has 0 bridgehead atoms. The van der Waals surface area contributed by atoms with Crippen molar-refractivity contribution < 1.29 is 14.3 Å². The van der Waals surface area contributed by atoms with E-state index in [9.17, 15) is 4.79 Å². The second-order valence-corrected chi connectivity index (χ2v) is 8.68. The van der Waals surface area contributed by atoms with Gasteiger partial charge in [0.25, 0.3) is 5.91 Å². The molecule has 0 spiro atoms. The molecule has 0 aromatic heterocycles. The highest BCUT2D eigenvalue weighted by molar-refractivity contribution is 6.32. The van der Waals surface area contributed by atoms with E-state index in [1.54, 1.807) is 6.92 Å². The average Bonchev–Trinajstić information content (AvgIpc) is 2.59. The molecular weight excluding hydrogens is 374 g/mol. The monoisotopic (exact) mass is 401 g/mol. The van der Waals surface area contributed by atoms with E-state index in [-0.39, 0.29) is 17.6 Å². The molecule has 150 valence electrons. The summed E-state index contributed by atoms with van der Waals surface area (Å²) in [5.41, 5.74) is 3.66. The van der Waals surface area contributed by atoms with Gasteiger partial charge in [0.05, 0.1) is 6.04 Å². The quantitative estimate of drug-likeness (QED) is 0.740. The number of nitrogens with one attached hydrogen (secondary N) is 1. The molecule has 2 atom stereocenters. The van der Waals surface area contributed by atoms with E-state index in [1.165, 1.54) is 0 Å². The van der Waals surface area contributed by atoms with Crippen molar-refractivity contribution in [2.45, 2.75) is 65.7 Å². The van der Waals surface area contributed by atoms with Gasteiger partial charge < -0.3 is 14.8 Å². The highest BCUT2D eigenvalue weighted by Gasteiger charge is 2.35. The summed E-state index contributed by atoms with van der Waals surface area (Å²) < 4.78 is 12.0. The van der Waals surface area contributed by atoms with E-state index in [1.807, 2.05) is 58.9 Å². The number of rotatable bonds is 4. The van der Waals surface area contributed by atoms with Gasteiger partial charge in [-0.15, -0.1) is 0 Å². The maximum Gasteiger partial charge on any atom is 0.261 e. The van der Waals surface area contributed by atoms with Crippen LogP contribution in [0.4, 0.5) is 0 Å². The standard InChI is InChI=1S/C23H28ClNO3/c1-13-7-8-20-18(9-13)19(12-23(5,6)28-20)25-22(26)16(4)27-17-10-14(2)21(24)15(3)11-17/h7-11,16,19H,12H2,1-6H3,(H,25,26)/t16-,19-/m0/s1. The van der Waals surface area contributed by atoms with Gasteiger partial charge in [0.2, 0.25) is 0 Å². The zero-order valence-corrected chi connectivity index (χ0v) is 18.1. The Morgan fingerprint density at radius 2 is 1.86 bits per heavy atom. The fourth-order valence-corrected chi connectivity index (χ4v) is 3.73. The van der Waals surface area contributed by atoms with Crippen LogP contribution in [0.2, 0.25) is 5.02 Å². The molecule has 4 nitrogen and oxygen atoms in total. The summed E-state index contributed by atoms with van der Waals surface area (Å²) in [5.74, 6) is 1.32. The smallest absolute Gasteiger partial charge is 0.261 e.